The maximum absolute atomic E-state index is 5.84. The molecule has 1 aliphatic heterocycles. The van der Waals surface area contributed by atoms with Gasteiger partial charge in [-0.05, 0) is 27.2 Å². The standard InChI is InChI=1S/C13H28N2O3Si/c1-5-16-19(17-6-2,18-7-3)12-8-9-15-11-10-14(4)13-15/h10-11H,5-9,12-13H2,1-4H3. The molecular formula is C13H28N2O3Si. The normalized spacial score (nSPS) is 15.6. The Morgan fingerprint density at radius 3 is 2.00 bits per heavy atom. The van der Waals surface area contributed by atoms with Crippen molar-refractivity contribution < 1.29 is 13.3 Å². The van der Waals surface area contributed by atoms with E-state index in [4.69, 9.17) is 13.3 Å². The Bertz CT molecular complexity index is 260. The third-order valence-corrected chi connectivity index (χ3v) is 6.11. The summed E-state index contributed by atoms with van der Waals surface area (Å²) in [5, 5.41) is 0. The van der Waals surface area contributed by atoms with Crippen LogP contribution in [0.5, 0.6) is 0 Å². The van der Waals surface area contributed by atoms with Gasteiger partial charge in [-0.15, -0.1) is 0 Å². The quantitative estimate of drug-likeness (QED) is 0.575. The summed E-state index contributed by atoms with van der Waals surface area (Å²) >= 11 is 0. The number of hydrogen-bond acceptors (Lipinski definition) is 5. The van der Waals surface area contributed by atoms with Gasteiger partial charge in [-0.3, -0.25) is 0 Å². The minimum absolute atomic E-state index is 0.651. The lowest BCUT2D eigenvalue weighted by atomic mass is 10.4. The monoisotopic (exact) mass is 288 g/mol. The van der Waals surface area contributed by atoms with Gasteiger partial charge in [0.2, 0.25) is 0 Å². The molecule has 0 bridgehead atoms. The molecule has 0 aliphatic carbocycles. The molecule has 0 saturated carbocycles. The van der Waals surface area contributed by atoms with Crippen molar-refractivity contribution in [3.05, 3.63) is 12.4 Å². The zero-order chi connectivity index (χ0) is 14.1. The molecule has 0 N–H and O–H groups in total. The van der Waals surface area contributed by atoms with Crippen LogP contribution in [-0.2, 0) is 13.3 Å². The molecule has 1 heterocycles. The minimum atomic E-state index is -2.45. The van der Waals surface area contributed by atoms with Crippen molar-refractivity contribution in [1.82, 2.24) is 9.80 Å². The third-order valence-electron chi connectivity index (χ3n) is 2.96. The zero-order valence-electron chi connectivity index (χ0n) is 12.7. The first-order valence-corrected chi connectivity index (χ1v) is 9.13. The molecule has 6 heteroatoms. The molecule has 0 unspecified atom stereocenters. The van der Waals surface area contributed by atoms with Crippen molar-refractivity contribution >= 4 is 8.80 Å². The summed E-state index contributed by atoms with van der Waals surface area (Å²) in [5.74, 6) is 0. The summed E-state index contributed by atoms with van der Waals surface area (Å²) in [6.07, 6.45) is 5.26. The van der Waals surface area contributed by atoms with Crippen LogP contribution in [0.15, 0.2) is 12.4 Å². The molecule has 0 saturated heterocycles. The van der Waals surface area contributed by atoms with Crippen LogP contribution in [0.1, 0.15) is 27.2 Å². The highest BCUT2D eigenvalue weighted by molar-refractivity contribution is 6.60. The van der Waals surface area contributed by atoms with Gasteiger partial charge in [0.25, 0.3) is 0 Å². The van der Waals surface area contributed by atoms with E-state index in [0.717, 1.165) is 25.7 Å². The smallest absolute Gasteiger partial charge is 0.374 e. The summed E-state index contributed by atoms with van der Waals surface area (Å²) in [5.41, 5.74) is 0. The molecule has 1 aliphatic rings. The fourth-order valence-electron chi connectivity index (χ4n) is 2.23. The molecular weight excluding hydrogens is 260 g/mol. The summed E-state index contributed by atoms with van der Waals surface area (Å²) in [6, 6.07) is 0.885. The summed E-state index contributed by atoms with van der Waals surface area (Å²) in [7, 11) is -0.369. The predicted octanol–water partition coefficient (Wildman–Crippen LogP) is 2.10. The molecule has 0 amide bonds. The van der Waals surface area contributed by atoms with Crippen molar-refractivity contribution in [2.75, 3.05) is 40.1 Å². The molecule has 0 aromatic rings. The van der Waals surface area contributed by atoms with Gasteiger partial charge in [-0.25, -0.2) is 0 Å². The average Bonchev–Trinajstić information content (AvgIpc) is 2.76. The van der Waals surface area contributed by atoms with E-state index in [1.54, 1.807) is 0 Å². The number of hydrogen-bond donors (Lipinski definition) is 0. The highest BCUT2D eigenvalue weighted by Crippen LogP contribution is 2.19. The van der Waals surface area contributed by atoms with Crippen molar-refractivity contribution in [3.63, 3.8) is 0 Å². The van der Waals surface area contributed by atoms with E-state index < -0.39 is 8.80 Å². The van der Waals surface area contributed by atoms with Crippen LogP contribution in [0.25, 0.3) is 0 Å². The van der Waals surface area contributed by atoms with Crippen molar-refractivity contribution in [1.29, 1.82) is 0 Å². The average molecular weight is 288 g/mol. The van der Waals surface area contributed by atoms with E-state index in [9.17, 15) is 0 Å². The van der Waals surface area contributed by atoms with Crippen LogP contribution < -0.4 is 0 Å². The summed E-state index contributed by atoms with van der Waals surface area (Å²) in [6.45, 7) is 9.93. The Kier molecular flexibility index (Phi) is 7.44. The lowest BCUT2D eigenvalue weighted by Gasteiger charge is -2.29. The van der Waals surface area contributed by atoms with Crippen LogP contribution in [0.3, 0.4) is 0 Å². The first kappa shape index (κ1) is 16.5. The summed E-state index contributed by atoms with van der Waals surface area (Å²) in [4.78, 5) is 4.46. The lowest BCUT2D eigenvalue weighted by molar-refractivity contribution is 0.0702. The molecule has 19 heavy (non-hydrogen) atoms. The van der Waals surface area contributed by atoms with Gasteiger partial charge < -0.3 is 23.1 Å². The summed E-state index contributed by atoms with van der Waals surface area (Å²) < 4.78 is 17.5. The van der Waals surface area contributed by atoms with E-state index in [0.29, 0.717) is 19.8 Å². The Labute approximate surface area is 118 Å². The predicted molar refractivity (Wildman–Crippen MR) is 78.5 cm³/mol. The van der Waals surface area contributed by atoms with Crippen LogP contribution >= 0.6 is 0 Å². The van der Waals surface area contributed by atoms with Gasteiger partial charge in [0.15, 0.2) is 0 Å². The Morgan fingerprint density at radius 2 is 1.58 bits per heavy atom. The van der Waals surface area contributed by atoms with Crippen molar-refractivity contribution in [2.45, 2.75) is 33.2 Å². The molecule has 1 rings (SSSR count). The fourth-order valence-corrected chi connectivity index (χ4v) is 4.83. The number of rotatable bonds is 10. The van der Waals surface area contributed by atoms with Gasteiger partial charge in [-0.1, -0.05) is 0 Å². The maximum Gasteiger partial charge on any atom is 0.500 e. The van der Waals surface area contributed by atoms with Crippen molar-refractivity contribution in [2.24, 2.45) is 0 Å². The van der Waals surface area contributed by atoms with Gasteiger partial charge in [0.1, 0.15) is 0 Å². The van der Waals surface area contributed by atoms with E-state index >= 15 is 0 Å². The number of nitrogens with zero attached hydrogens (tertiary/aromatic N) is 2. The SMILES string of the molecule is CCO[Si](CCCN1C=CN(C)C1)(OCC)OCC. The topological polar surface area (TPSA) is 34.2 Å². The van der Waals surface area contributed by atoms with Crippen molar-refractivity contribution in [3.8, 4) is 0 Å². The minimum Gasteiger partial charge on any atom is -0.374 e. The van der Waals surface area contributed by atoms with Crippen LogP contribution in [0, 0.1) is 0 Å². The molecule has 0 aromatic heterocycles. The Morgan fingerprint density at radius 1 is 1.00 bits per heavy atom. The third kappa shape index (κ3) is 5.52. The largest absolute Gasteiger partial charge is 0.500 e. The van der Waals surface area contributed by atoms with E-state index in [2.05, 4.69) is 29.2 Å². The fraction of sp³-hybridized carbons (Fsp3) is 0.846. The van der Waals surface area contributed by atoms with Gasteiger partial charge in [0, 0.05) is 51.9 Å². The van der Waals surface area contributed by atoms with Gasteiger partial charge in [0.05, 0.1) is 6.67 Å². The van der Waals surface area contributed by atoms with Crippen LogP contribution in [0.2, 0.25) is 6.04 Å². The molecule has 0 fully saturated rings. The highest BCUT2D eigenvalue weighted by Gasteiger charge is 2.39. The Balaban J connectivity index is 2.40. The van der Waals surface area contributed by atoms with Gasteiger partial charge >= 0.3 is 8.80 Å². The molecule has 5 nitrogen and oxygen atoms in total. The second kappa shape index (κ2) is 8.58. The molecule has 0 spiro atoms. The second-order valence-electron chi connectivity index (χ2n) is 4.59. The second-order valence-corrected chi connectivity index (χ2v) is 7.33. The van der Waals surface area contributed by atoms with E-state index in [1.165, 1.54) is 0 Å². The van der Waals surface area contributed by atoms with E-state index in [1.807, 2.05) is 20.8 Å². The van der Waals surface area contributed by atoms with Crippen LogP contribution in [-0.4, -0.2) is 58.7 Å². The zero-order valence-corrected chi connectivity index (χ0v) is 13.7. The van der Waals surface area contributed by atoms with E-state index in [-0.39, 0.29) is 0 Å². The maximum atomic E-state index is 5.84. The molecule has 112 valence electrons. The Hall–Kier alpha value is -0.563. The molecule has 0 atom stereocenters. The molecule has 0 aromatic carbocycles. The molecule has 0 radical (unpaired) electrons. The lowest BCUT2D eigenvalue weighted by Crippen LogP contribution is -2.46. The highest BCUT2D eigenvalue weighted by atomic mass is 28.4. The van der Waals surface area contributed by atoms with Crippen LogP contribution in [0.4, 0.5) is 0 Å². The first-order valence-electron chi connectivity index (χ1n) is 7.20. The first-order chi connectivity index (χ1) is 9.15. The van der Waals surface area contributed by atoms with Gasteiger partial charge in [-0.2, -0.15) is 0 Å².